The van der Waals surface area contributed by atoms with Crippen LogP contribution >= 0.6 is 0 Å². The molecule has 0 spiro atoms. The number of rotatable bonds is 1. The Bertz CT molecular complexity index is 442. The summed E-state index contributed by atoms with van der Waals surface area (Å²) in [5, 5.41) is 5.82. The van der Waals surface area contributed by atoms with Crippen molar-refractivity contribution in [1.82, 2.24) is 10.6 Å². The van der Waals surface area contributed by atoms with Crippen molar-refractivity contribution in [2.45, 2.75) is 18.4 Å². The van der Waals surface area contributed by atoms with Crippen molar-refractivity contribution in [3.05, 3.63) is 34.9 Å². The molecule has 0 amide bonds. The molecule has 0 saturated carbocycles. The molecule has 1 aliphatic heterocycles. The molecule has 0 aliphatic carbocycles. The zero-order chi connectivity index (χ0) is 15.0. The third-order valence-electron chi connectivity index (χ3n) is 3.05. The fourth-order valence-electron chi connectivity index (χ4n) is 2.07. The molecule has 2 nitrogen and oxygen atoms in total. The first-order valence-electron chi connectivity index (χ1n) is 5.91. The van der Waals surface area contributed by atoms with Crippen LogP contribution < -0.4 is 10.6 Å². The van der Waals surface area contributed by atoms with Gasteiger partial charge in [-0.25, -0.2) is 0 Å². The van der Waals surface area contributed by atoms with Gasteiger partial charge < -0.3 is 10.6 Å². The van der Waals surface area contributed by atoms with E-state index in [1.807, 2.05) is 0 Å². The van der Waals surface area contributed by atoms with Gasteiger partial charge in [-0.1, -0.05) is 0 Å². The third kappa shape index (κ3) is 3.43. The van der Waals surface area contributed by atoms with Crippen molar-refractivity contribution in [2.75, 3.05) is 19.6 Å². The molecule has 2 N–H and O–H groups in total. The molecule has 0 unspecified atom stereocenters. The maximum absolute atomic E-state index is 12.7. The molecular weight excluding hydrogens is 286 g/mol. The normalized spacial score (nSPS) is 21.0. The molecule has 0 aromatic heterocycles. The summed E-state index contributed by atoms with van der Waals surface area (Å²) in [7, 11) is 0. The minimum Gasteiger partial charge on any atom is -0.314 e. The number of alkyl halides is 6. The highest BCUT2D eigenvalue weighted by Gasteiger charge is 2.37. The van der Waals surface area contributed by atoms with E-state index < -0.39 is 29.5 Å². The highest BCUT2D eigenvalue weighted by molar-refractivity contribution is 5.35. The molecule has 1 fully saturated rings. The van der Waals surface area contributed by atoms with Gasteiger partial charge >= 0.3 is 12.4 Å². The lowest BCUT2D eigenvalue weighted by Crippen LogP contribution is -2.42. The highest BCUT2D eigenvalue weighted by atomic mass is 19.4. The summed E-state index contributed by atoms with van der Waals surface area (Å²) in [6.07, 6.45) is -9.61. The smallest absolute Gasteiger partial charge is 0.314 e. The molecule has 8 heteroatoms. The maximum Gasteiger partial charge on any atom is 0.416 e. The Morgan fingerprint density at radius 2 is 1.40 bits per heavy atom. The Balaban J connectivity index is 2.45. The van der Waals surface area contributed by atoms with E-state index in [-0.39, 0.29) is 11.6 Å². The van der Waals surface area contributed by atoms with Crippen LogP contribution in [0.2, 0.25) is 0 Å². The summed E-state index contributed by atoms with van der Waals surface area (Å²) in [6.45, 7) is 1.41. The summed E-state index contributed by atoms with van der Waals surface area (Å²) in [4.78, 5) is 0. The lowest BCUT2D eigenvalue weighted by molar-refractivity contribution is -0.143. The summed E-state index contributed by atoms with van der Waals surface area (Å²) in [5.74, 6) is 0. The number of nitrogens with one attached hydrogen (secondary N) is 2. The molecule has 1 aromatic rings. The minimum absolute atomic E-state index is 0.0145. The fraction of sp³-hybridized carbons (Fsp3) is 0.500. The Hall–Kier alpha value is -1.28. The predicted molar refractivity (Wildman–Crippen MR) is 60.1 cm³/mol. The van der Waals surface area contributed by atoms with E-state index >= 15 is 0 Å². The van der Waals surface area contributed by atoms with Crippen LogP contribution in [0, 0.1) is 0 Å². The van der Waals surface area contributed by atoms with E-state index in [1.165, 1.54) is 0 Å². The SMILES string of the molecule is FC(F)(F)c1cc([C@@H]2CNCCN2)cc(C(F)(F)F)c1. The molecule has 1 saturated heterocycles. The van der Waals surface area contributed by atoms with Gasteiger partial charge in [-0.3, -0.25) is 0 Å². The molecule has 0 radical (unpaired) electrons. The number of halogens is 6. The van der Waals surface area contributed by atoms with E-state index in [4.69, 9.17) is 0 Å². The Kier molecular flexibility index (Phi) is 3.97. The first-order valence-corrected chi connectivity index (χ1v) is 5.91. The van der Waals surface area contributed by atoms with E-state index in [9.17, 15) is 26.3 Å². The maximum atomic E-state index is 12.7. The second-order valence-electron chi connectivity index (χ2n) is 4.55. The average Bonchev–Trinajstić information content (AvgIpc) is 2.37. The van der Waals surface area contributed by atoms with Crippen molar-refractivity contribution >= 4 is 0 Å². The van der Waals surface area contributed by atoms with Crippen LogP contribution in [0.4, 0.5) is 26.3 Å². The van der Waals surface area contributed by atoms with Crippen molar-refractivity contribution in [2.24, 2.45) is 0 Å². The molecule has 1 heterocycles. The van der Waals surface area contributed by atoms with Crippen LogP contribution in [0.15, 0.2) is 18.2 Å². The molecule has 1 atom stereocenters. The van der Waals surface area contributed by atoms with Gasteiger partial charge in [-0.2, -0.15) is 26.3 Å². The standard InChI is InChI=1S/C12H12F6N2/c13-11(14,15)8-3-7(10-6-19-1-2-20-10)4-9(5-8)12(16,17)18/h3-5,10,19-20H,1-2,6H2/t10-/m0/s1. The molecule has 1 aromatic carbocycles. The first kappa shape index (κ1) is 15.1. The van der Waals surface area contributed by atoms with Crippen molar-refractivity contribution in [3.8, 4) is 0 Å². The van der Waals surface area contributed by atoms with Crippen molar-refractivity contribution in [3.63, 3.8) is 0 Å². The summed E-state index contributed by atoms with van der Waals surface area (Å²) < 4.78 is 76.2. The van der Waals surface area contributed by atoms with E-state index in [1.54, 1.807) is 0 Å². The predicted octanol–water partition coefficient (Wildman–Crippen LogP) is 2.96. The van der Waals surface area contributed by atoms with Gasteiger partial charge in [0, 0.05) is 25.7 Å². The molecule has 112 valence electrons. The van der Waals surface area contributed by atoms with Crippen LogP contribution in [0.5, 0.6) is 0 Å². The van der Waals surface area contributed by atoms with Crippen molar-refractivity contribution < 1.29 is 26.3 Å². The largest absolute Gasteiger partial charge is 0.416 e. The Labute approximate surface area is 111 Å². The highest BCUT2D eigenvalue weighted by Crippen LogP contribution is 2.37. The van der Waals surface area contributed by atoms with E-state index in [0.717, 1.165) is 12.1 Å². The van der Waals surface area contributed by atoms with E-state index in [2.05, 4.69) is 10.6 Å². The van der Waals surface area contributed by atoms with Gasteiger partial charge in [0.2, 0.25) is 0 Å². The Morgan fingerprint density at radius 3 is 1.80 bits per heavy atom. The van der Waals surface area contributed by atoms with E-state index in [0.29, 0.717) is 19.6 Å². The molecule has 1 aliphatic rings. The van der Waals surface area contributed by atoms with Crippen molar-refractivity contribution in [1.29, 1.82) is 0 Å². The minimum atomic E-state index is -4.81. The van der Waals surface area contributed by atoms with Gasteiger partial charge in [0.15, 0.2) is 0 Å². The van der Waals surface area contributed by atoms with Crippen LogP contribution in [0.1, 0.15) is 22.7 Å². The number of piperazine rings is 1. The van der Waals surface area contributed by atoms with Gasteiger partial charge in [0.1, 0.15) is 0 Å². The Morgan fingerprint density at radius 1 is 0.850 bits per heavy atom. The zero-order valence-corrected chi connectivity index (χ0v) is 10.2. The van der Waals surface area contributed by atoms with Crippen LogP contribution in [-0.4, -0.2) is 19.6 Å². The number of benzene rings is 1. The second-order valence-corrected chi connectivity index (χ2v) is 4.55. The topological polar surface area (TPSA) is 24.1 Å². The monoisotopic (exact) mass is 298 g/mol. The zero-order valence-electron chi connectivity index (χ0n) is 10.2. The summed E-state index contributed by atoms with van der Waals surface area (Å²) in [6, 6.07) is 1.10. The molecule has 20 heavy (non-hydrogen) atoms. The quantitative estimate of drug-likeness (QED) is 0.779. The fourth-order valence-corrected chi connectivity index (χ4v) is 2.07. The van der Waals surface area contributed by atoms with Crippen LogP contribution in [0.3, 0.4) is 0 Å². The van der Waals surface area contributed by atoms with Gasteiger partial charge in [0.25, 0.3) is 0 Å². The molecular formula is C12H12F6N2. The lowest BCUT2D eigenvalue weighted by Gasteiger charge is -2.26. The first-order chi connectivity index (χ1) is 9.18. The second kappa shape index (κ2) is 5.25. The van der Waals surface area contributed by atoms with Gasteiger partial charge in [-0.15, -0.1) is 0 Å². The van der Waals surface area contributed by atoms with Crippen LogP contribution in [-0.2, 0) is 12.4 Å². The number of hydrogen-bond acceptors (Lipinski definition) is 2. The lowest BCUT2D eigenvalue weighted by atomic mass is 9.98. The summed E-state index contributed by atoms with van der Waals surface area (Å²) >= 11 is 0. The number of hydrogen-bond donors (Lipinski definition) is 2. The third-order valence-corrected chi connectivity index (χ3v) is 3.05. The van der Waals surface area contributed by atoms with Crippen LogP contribution in [0.25, 0.3) is 0 Å². The van der Waals surface area contributed by atoms with Gasteiger partial charge in [0.05, 0.1) is 11.1 Å². The molecule has 2 rings (SSSR count). The summed E-state index contributed by atoms with van der Waals surface area (Å²) in [5.41, 5.74) is -2.58. The van der Waals surface area contributed by atoms with Gasteiger partial charge in [-0.05, 0) is 23.8 Å². The average molecular weight is 298 g/mol. The molecule has 0 bridgehead atoms.